The van der Waals surface area contributed by atoms with Crippen molar-refractivity contribution in [3.63, 3.8) is 0 Å². The normalized spacial score (nSPS) is 17.7. The number of carboxylic acid groups (broad SMARTS) is 1. The number of aromatic hydroxyl groups is 1. The van der Waals surface area contributed by atoms with Gasteiger partial charge in [-0.3, -0.25) is 14.4 Å². The van der Waals surface area contributed by atoms with Crippen molar-refractivity contribution in [1.82, 2.24) is 10.6 Å². The number of methoxy groups -OCH3 is 1. The molecule has 0 bridgehead atoms. The third kappa shape index (κ3) is 6.58. The summed E-state index contributed by atoms with van der Waals surface area (Å²) in [7, 11) is 1.43. The van der Waals surface area contributed by atoms with Crippen LogP contribution < -0.4 is 15.4 Å². The number of rotatable bonds is 9. The Bertz CT molecular complexity index is 811. The summed E-state index contributed by atoms with van der Waals surface area (Å²) in [6.07, 6.45) is 1.70. The summed E-state index contributed by atoms with van der Waals surface area (Å²) in [6, 6.07) is 4.67. The molecule has 11 heteroatoms. The molecule has 4 N–H and O–H groups in total. The molecule has 10 nitrogen and oxygen atoms in total. The van der Waals surface area contributed by atoms with Crippen LogP contribution in [0.1, 0.15) is 24.8 Å². The van der Waals surface area contributed by atoms with Crippen molar-refractivity contribution in [3.05, 3.63) is 23.8 Å². The molecule has 1 saturated heterocycles. The maximum atomic E-state index is 11.9. The van der Waals surface area contributed by atoms with Gasteiger partial charge in [-0.1, -0.05) is 11.8 Å². The summed E-state index contributed by atoms with van der Waals surface area (Å²) >= 11 is 1.09. The second-order valence-electron chi connectivity index (χ2n) is 5.73. The lowest BCUT2D eigenvalue weighted by molar-refractivity contribution is -0.137. The number of carbonyl (C=O) groups is 3. The highest BCUT2D eigenvalue weighted by atomic mass is 32.2. The SMILES string of the molecule is COc1cc(/C=N/N=C2/NC(=O)C(CC(=O)NCCCC(=O)O)S2)ccc1O. The van der Waals surface area contributed by atoms with Crippen molar-refractivity contribution in [2.45, 2.75) is 24.5 Å². The molecule has 1 aliphatic rings. The number of carbonyl (C=O) groups excluding carboxylic acids is 2. The molecule has 1 atom stereocenters. The Balaban J connectivity index is 1.84. The molecule has 1 aliphatic heterocycles. The maximum absolute atomic E-state index is 11.9. The van der Waals surface area contributed by atoms with E-state index in [-0.39, 0.29) is 42.1 Å². The number of amides is 2. The zero-order valence-electron chi connectivity index (χ0n) is 15.0. The van der Waals surface area contributed by atoms with Crippen LogP contribution in [0.3, 0.4) is 0 Å². The van der Waals surface area contributed by atoms with Gasteiger partial charge in [-0.25, -0.2) is 0 Å². The summed E-state index contributed by atoms with van der Waals surface area (Å²) in [4.78, 5) is 34.2. The Morgan fingerprint density at radius 3 is 2.93 bits per heavy atom. The number of amidine groups is 1. The molecule has 1 heterocycles. The van der Waals surface area contributed by atoms with Gasteiger partial charge >= 0.3 is 5.97 Å². The van der Waals surface area contributed by atoms with Gasteiger partial charge < -0.3 is 25.6 Å². The van der Waals surface area contributed by atoms with Crippen molar-refractivity contribution < 1.29 is 29.3 Å². The van der Waals surface area contributed by atoms with Crippen molar-refractivity contribution in [1.29, 1.82) is 0 Å². The van der Waals surface area contributed by atoms with E-state index in [4.69, 9.17) is 9.84 Å². The second-order valence-corrected chi connectivity index (χ2v) is 6.92. The lowest BCUT2D eigenvalue weighted by Crippen LogP contribution is -2.31. The first-order chi connectivity index (χ1) is 13.4. The number of benzene rings is 1. The van der Waals surface area contributed by atoms with E-state index in [9.17, 15) is 19.5 Å². The van der Waals surface area contributed by atoms with Crippen LogP contribution in [-0.2, 0) is 14.4 Å². The average Bonchev–Trinajstić information content (AvgIpc) is 2.99. The summed E-state index contributed by atoms with van der Waals surface area (Å²) in [5.74, 6) is -1.29. The molecular weight excluding hydrogens is 388 g/mol. The highest BCUT2D eigenvalue weighted by molar-refractivity contribution is 8.15. The zero-order chi connectivity index (χ0) is 20.5. The minimum Gasteiger partial charge on any atom is -0.504 e. The van der Waals surface area contributed by atoms with Crippen LogP contribution in [-0.4, -0.2) is 58.3 Å². The zero-order valence-corrected chi connectivity index (χ0v) is 15.9. The Hall–Kier alpha value is -3.08. The van der Waals surface area contributed by atoms with Crippen molar-refractivity contribution in [3.8, 4) is 11.5 Å². The average molecular weight is 408 g/mol. The van der Waals surface area contributed by atoms with E-state index >= 15 is 0 Å². The number of hydrogen-bond acceptors (Lipinski definition) is 8. The van der Waals surface area contributed by atoms with Crippen LogP contribution in [0.4, 0.5) is 0 Å². The first kappa shape index (κ1) is 21.2. The number of phenols is 1. The molecule has 0 spiro atoms. The van der Waals surface area contributed by atoms with Gasteiger partial charge in [0.2, 0.25) is 11.8 Å². The van der Waals surface area contributed by atoms with Gasteiger partial charge in [-0.15, -0.1) is 5.10 Å². The molecule has 0 aromatic heterocycles. The van der Waals surface area contributed by atoms with Crippen molar-refractivity contribution in [2.24, 2.45) is 10.2 Å². The third-order valence-corrected chi connectivity index (χ3v) is 4.67. The molecular formula is C17H20N4O6S. The number of thioether (sulfide) groups is 1. The van der Waals surface area contributed by atoms with Crippen LogP contribution >= 0.6 is 11.8 Å². The van der Waals surface area contributed by atoms with Crippen LogP contribution in [0.2, 0.25) is 0 Å². The molecule has 28 heavy (non-hydrogen) atoms. The van der Waals surface area contributed by atoms with Gasteiger partial charge in [0, 0.05) is 19.4 Å². The van der Waals surface area contributed by atoms with Crippen LogP contribution in [0.15, 0.2) is 28.4 Å². The molecule has 150 valence electrons. The Morgan fingerprint density at radius 2 is 2.21 bits per heavy atom. The topological polar surface area (TPSA) is 150 Å². The molecule has 1 aromatic carbocycles. The number of nitrogens with zero attached hydrogens (tertiary/aromatic N) is 2. The van der Waals surface area contributed by atoms with Crippen molar-refractivity contribution in [2.75, 3.05) is 13.7 Å². The number of carboxylic acids is 1. The van der Waals surface area contributed by atoms with Crippen LogP contribution in [0.5, 0.6) is 11.5 Å². The minimum absolute atomic E-state index is 0.00801. The summed E-state index contributed by atoms with van der Waals surface area (Å²) < 4.78 is 5.00. The number of phenolic OH excluding ortho intramolecular Hbond substituents is 1. The smallest absolute Gasteiger partial charge is 0.303 e. The first-order valence-corrected chi connectivity index (χ1v) is 9.21. The van der Waals surface area contributed by atoms with Gasteiger partial charge in [-0.2, -0.15) is 5.10 Å². The Kier molecular flexibility index (Phi) is 7.81. The van der Waals surface area contributed by atoms with Gasteiger partial charge in [0.1, 0.15) is 5.25 Å². The molecule has 0 saturated carbocycles. The molecule has 1 aromatic rings. The highest BCUT2D eigenvalue weighted by Crippen LogP contribution is 2.25. The molecule has 2 rings (SSSR count). The number of nitrogens with one attached hydrogen (secondary N) is 2. The van der Waals surface area contributed by atoms with E-state index in [1.807, 2.05) is 0 Å². The number of ether oxygens (including phenoxy) is 1. The fraction of sp³-hybridized carbons (Fsp3) is 0.353. The summed E-state index contributed by atoms with van der Waals surface area (Å²) in [6.45, 7) is 0.242. The van der Waals surface area contributed by atoms with E-state index in [1.165, 1.54) is 19.4 Å². The lowest BCUT2D eigenvalue weighted by Gasteiger charge is -2.06. The van der Waals surface area contributed by atoms with E-state index in [0.29, 0.717) is 17.7 Å². The van der Waals surface area contributed by atoms with E-state index in [2.05, 4.69) is 20.8 Å². The van der Waals surface area contributed by atoms with E-state index in [0.717, 1.165) is 11.8 Å². The minimum atomic E-state index is -0.924. The second kappa shape index (κ2) is 10.3. The van der Waals surface area contributed by atoms with Gasteiger partial charge in [0.15, 0.2) is 16.7 Å². The molecule has 0 aliphatic carbocycles. The fourth-order valence-corrected chi connectivity index (χ4v) is 3.14. The van der Waals surface area contributed by atoms with Crippen molar-refractivity contribution >= 4 is 40.9 Å². The van der Waals surface area contributed by atoms with Gasteiger partial charge in [-0.05, 0) is 30.2 Å². The Labute approximate surface area is 165 Å². The third-order valence-electron chi connectivity index (χ3n) is 3.60. The summed E-state index contributed by atoms with van der Waals surface area (Å²) in [5.41, 5.74) is 0.644. The predicted octanol–water partition coefficient (Wildman–Crippen LogP) is 0.693. The van der Waals surface area contributed by atoms with Crippen LogP contribution in [0.25, 0.3) is 0 Å². The van der Waals surface area contributed by atoms with Gasteiger partial charge in [0.25, 0.3) is 0 Å². The van der Waals surface area contributed by atoms with E-state index < -0.39 is 11.2 Å². The number of hydrogen-bond donors (Lipinski definition) is 4. The highest BCUT2D eigenvalue weighted by Gasteiger charge is 2.32. The largest absolute Gasteiger partial charge is 0.504 e. The Morgan fingerprint density at radius 1 is 1.43 bits per heavy atom. The summed E-state index contributed by atoms with van der Waals surface area (Å²) in [5, 5.41) is 30.7. The number of aliphatic carboxylic acids is 1. The predicted molar refractivity (Wildman–Crippen MR) is 104 cm³/mol. The quantitative estimate of drug-likeness (QED) is 0.267. The standard InChI is InChI=1S/C17H20N4O6S/c1-27-12-7-10(4-5-11(12)22)9-19-21-17-20-16(26)13(28-17)8-14(23)18-6-2-3-15(24)25/h4-5,7,9,13,22H,2-3,6,8H2,1H3,(H,18,23)(H,24,25)(H,20,21,26)/b19-9+. The first-order valence-electron chi connectivity index (χ1n) is 8.33. The molecule has 1 unspecified atom stereocenters. The lowest BCUT2D eigenvalue weighted by atomic mass is 10.2. The fourth-order valence-electron chi connectivity index (χ4n) is 2.22. The molecule has 2 amide bonds. The van der Waals surface area contributed by atoms with Gasteiger partial charge in [0.05, 0.1) is 13.3 Å². The molecule has 1 fully saturated rings. The van der Waals surface area contributed by atoms with Crippen LogP contribution in [0, 0.1) is 0 Å². The molecule has 0 radical (unpaired) electrons. The van der Waals surface area contributed by atoms with E-state index in [1.54, 1.807) is 12.1 Å². The monoisotopic (exact) mass is 408 g/mol. The maximum Gasteiger partial charge on any atom is 0.303 e.